The minimum atomic E-state index is -0.747. The zero-order chi connectivity index (χ0) is 14.0. The number of carbonyl (C=O) groups is 2. The molecule has 0 rings (SSSR count). The Morgan fingerprint density at radius 1 is 1.22 bits per heavy atom. The molecular weight excluding hydrogens is 232 g/mol. The summed E-state index contributed by atoms with van der Waals surface area (Å²) in [5, 5.41) is 14.5. The van der Waals surface area contributed by atoms with Crippen LogP contribution < -0.4 is 10.6 Å². The summed E-state index contributed by atoms with van der Waals surface area (Å²) in [4.78, 5) is 21.8. The van der Waals surface area contributed by atoms with E-state index in [1.807, 2.05) is 20.8 Å². The highest BCUT2D eigenvalue weighted by Gasteiger charge is 2.07. The number of rotatable bonds is 10. The second-order valence-electron chi connectivity index (χ2n) is 4.88. The lowest BCUT2D eigenvalue weighted by Gasteiger charge is -2.13. The predicted molar refractivity (Wildman–Crippen MR) is 71.4 cm³/mol. The Labute approximate surface area is 109 Å². The van der Waals surface area contributed by atoms with Crippen molar-refractivity contribution in [3.63, 3.8) is 0 Å². The van der Waals surface area contributed by atoms with E-state index in [1.165, 1.54) is 0 Å². The summed E-state index contributed by atoms with van der Waals surface area (Å²) < 4.78 is 0. The van der Waals surface area contributed by atoms with E-state index < -0.39 is 5.97 Å². The zero-order valence-corrected chi connectivity index (χ0v) is 11.7. The first-order valence-corrected chi connectivity index (χ1v) is 6.67. The van der Waals surface area contributed by atoms with Gasteiger partial charge in [0, 0.05) is 12.5 Å². The first kappa shape index (κ1) is 16.9. The van der Waals surface area contributed by atoms with Crippen LogP contribution >= 0.6 is 0 Å². The third-order valence-corrected chi connectivity index (χ3v) is 2.97. The number of carbonyl (C=O) groups excluding carboxylic acids is 1. The van der Waals surface area contributed by atoms with Crippen LogP contribution in [0.15, 0.2) is 0 Å². The van der Waals surface area contributed by atoms with Crippen LogP contribution in [0.3, 0.4) is 0 Å². The molecule has 2 atom stereocenters. The van der Waals surface area contributed by atoms with E-state index in [4.69, 9.17) is 5.11 Å². The number of amides is 1. The predicted octanol–water partition coefficient (Wildman–Crippen LogP) is 1.38. The van der Waals surface area contributed by atoms with Crippen molar-refractivity contribution in [2.45, 2.75) is 52.5 Å². The first-order valence-electron chi connectivity index (χ1n) is 6.67. The van der Waals surface area contributed by atoms with Gasteiger partial charge in [-0.15, -0.1) is 0 Å². The van der Waals surface area contributed by atoms with Gasteiger partial charge in [-0.25, -0.2) is 0 Å². The molecule has 2 unspecified atom stereocenters. The summed E-state index contributed by atoms with van der Waals surface area (Å²) in [7, 11) is 0. The number of aliphatic carboxylic acids is 1. The van der Waals surface area contributed by atoms with Crippen molar-refractivity contribution in [1.29, 1.82) is 0 Å². The van der Waals surface area contributed by atoms with Crippen molar-refractivity contribution >= 4 is 11.9 Å². The van der Waals surface area contributed by atoms with E-state index in [0.29, 0.717) is 18.9 Å². The van der Waals surface area contributed by atoms with E-state index in [2.05, 4.69) is 10.6 Å². The van der Waals surface area contributed by atoms with E-state index in [1.54, 1.807) is 0 Å². The molecular formula is C13H26N2O3. The first-order chi connectivity index (χ1) is 8.45. The van der Waals surface area contributed by atoms with Crippen LogP contribution in [0.25, 0.3) is 0 Å². The number of hydrogen-bond donors (Lipinski definition) is 3. The molecule has 0 aromatic rings. The largest absolute Gasteiger partial charge is 0.481 e. The fourth-order valence-corrected chi connectivity index (χ4v) is 1.49. The van der Waals surface area contributed by atoms with Gasteiger partial charge in [0.2, 0.25) is 5.91 Å². The van der Waals surface area contributed by atoms with Crippen LogP contribution in [0.5, 0.6) is 0 Å². The van der Waals surface area contributed by atoms with Gasteiger partial charge in [0.1, 0.15) is 0 Å². The minimum absolute atomic E-state index is 0.0162. The molecule has 5 heteroatoms. The number of hydrogen-bond acceptors (Lipinski definition) is 3. The molecule has 18 heavy (non-hydrogen) atoms. The smallest absolute Gasteiger partial charge is 0.303 e. The molecule has 0 fully saturated rings. The van der Waals surface area contributed by atoms with E-state index in [-0.39, 0.29) is 18.4 Å². The van der Waals surface area contributed by atoms with Crippen molar-refractivity contribution in [3.8, 4) is 0 Å². The van der Waals surface area contributed by atoms with Crippen molar-refractivity contribution in [1.82, 2.24) is 10.6 Å². The summed E-state index contributed by atoms with van der Waals surface area (Å²) in [6.45, 7) is 7.11. The van der Waals surface area contributed by atoms with Gasteiger partial charge in [-0.05, 0) is 38.6 Å². The molecule has 0 aliphatic carbocycles. The highest BCUT2D eigenvalue weighted by Crippen LogP contribution is 2.08. The Hall–Kier alpha value is -1.10. The summed E-state index contributed by atoms with van der Waals surface area (Å²) in [6.07, 6.45) is 2.73. The maximum Gasteiger partial charge on any atom is 0.303 e. The second-order valence-corrected chi connectivity index (χ2v) is 4.88. The topological polar surface area (TPSA) is 78.4 Å². The monoisotopic (exact) mass is 258 g/mol. The van der Waals surface area contributed by atoms with Crippen molar-refractivity contribution < 1.29 is 14.7 Å². The Morgan fingerprint density at radius 3 is 2.44 bits per heavy atom. The molecule has 0 spiro atoms. The lowest BCUT2D eigenvalue weighted by molar-refractivity contribution is -0.137. The highest BCUT2D eigenvalue weighted by atomic mass is 16.4. The zero-order valence-electron chi connectivity index (χ0n) is 11.7. The summed E-state index contributed by atoms with van der Waals surface area (Å²) >= 11 is 0. The van der Waals surface area contributed by atoms with E-state index in [0.717, 1.165) is 19.4 Å². The van der Waals surface area contributed by atoms with E-state index in [9.17, 15) is 9.59 Å². The van der Waals surface area contributed by atoms with Crippen molar-refractivity contribution in [2.75, 3.05) is 13.1 Å². The lowest BCUT2D eigenvalue weighted by Crippen LogP contribution is -2.39. The molecule has 1 amide bonds. The minimum Gasteiger partial charge on any atom is -0.481 e. The Kier molecular flexibility index (Phi) is 9.28. The molecule has 0 aliphatic heterocycles. The SMILES string of the molecule is CCC(C)NC(=O)CNCCC(C)CCC(=O)O. The Bertz CT molecular complexity index is 257. The quantitative estimate of drug-likeness (QED) is 0.517. The average Bonchev–Trinajstić information content (AvgIpc) is 2.31. The van der Waals surface area contributed by atoms with Crippen molar-refractivity contribution in [3.05, 3.63) is 0 Å². The van der Waals surface area contributed by atoms with Crippen LogP contribution in [0, 0.1) is 5.92 Å². The number of carboxylic acid groups (broad SMARTS) is 1. The lowest BCUT2D eigenvalue weighted by atomic mass is 10.0. The van der Waals surface area contributed by atoms with Gasteiger partial charge >= 0.3 is 5.97 Å². The van der Waals surface area contributed by atoms with Crippen LogP contribution in [0.2, 0.25) is 0 Å². The molecule has 3 N–H and O–H groups in total. The second kappa shape index (κ2) is 9.88. The molecule has 106 valence electrons. The molecule has 0 heterocycles. The van der Waals surface area contributed by atoms with E-state index >= 15 is 0 Å². The Balaban J connectivity index is 3.49. The van der Waals surface area contributed by atoms with Gasteiger partial charge in [0.25, 0.3) is 0 Å². The summed E-state index contributed by atoms with van der Waals surface area (Å²) in [5.41, 5.74) is 0. The highest BCUT2D eigenvalue weighted by molar-refractivity contribution is 5.78. The molecule has 0 saturated heterocycles. The van der Waals surface area contributed by atoms with Gasteiger partial charge < -0.3 is 15.7 Å². The molecule has 5 nitrogen and oxygen atoms in total. The molecule has 0 aliphatic rings. The fourth-order valence-electron chi connectivity index (χ4n) is 1.49. The molecule has 0 aromatic heterocycles. The van der Waals surface area contributed by atoms with Gasteiger partial charge in [0.15, 0.2) is 0 Å². The third kappa shape index (κ3) is 10.1. The standard InChI is InChI=1S/C13H26N2O3/c1-4-11(3)15-12(16)9-14-8-7-10(2)5-6-13(17)18/h10-11,14H,4-9H2,1-3H3,(H,15,16)(H,17,18). The third-order valence-electron chi connectivity index (χ3n) is 2.97. The van der Waals surface area contributed by atoms with Gasteiger partial charge in [0.05, 0.1) is 6.54 Å². The maximum absolute atomic E-state index is 11.4. The van der Waals surface area contributed by atoms with Crippen molar-refractivity contribution in [2.24, 2.45) is 5.92 Å². The maximum atomic E-state index is 11.4. The number of carboxylic acids is 1. The van der Waals surface area contributed by atoms with Gasteiger partial charge in [-0.3, -0.25) is 9.59 Å². The van der Waals surface area contributed by atoms with Crippen LogP contribution in [-0.4, -0.2) is 36.1 Å². The summed E-state index contributed by atoms with van der Waals surface area (Å²) in [6, 6.07) is 0.216. The normalized spacial score (nSPS) is 13.9. The van der Waals surface area contributed by atoms with Crippen LogP contribution in [0.4, 0.5) is 0 Å². The van der Waals surface area contributed by atoms with Gasteiger partial charge in [-0.1, -0.05) is 13.8 Å². The number of nitrogens with one attached hydrogen (secondary N) is 2. The molecule has 0 bridgehead atoms. The van der Waals surface area contributed by atoms with Gasteiger partial charge in [-0.2, -0.15) is 0 Å². The van der Waals surface area contributed by atoms with Crippen LogP contribution in [0.1, 0.15) is 46.5 Å². The fraction of sp³-hybridized carbons (Fsp3) is 0.846. The Morgan fingerprint density at radius 2 is 1.89 bits per heavy atom. The van der Waals surface area contributed by atoms with Crippen LogP contribution in [-0.2, 0) is 9.59 Å². The molecule has 0 saturated carbocycles. The molecule has 0 radical (unpaired) electrons. The summed E-state index contributed by atoms with van der Waals surface area (Å²) in [5.74, 6) is -0.364. The average molecular weight is 258 g/mol. The molecule has 0 aromatic carbocycles.